The molecular weight excluding hydrogens is 252 g/mol. The monoisotopic (exact) mass is 272 g/mol. The lowest BCUT2D eigenvalue weighted by molar-refractivity contribution is 0.0736. The van der Waals surface area contributed by atoms with E-state index in [0.29, 0.717) is 17.9 Å². The minimum absolute atomic E-state index is 0.555. The maximum absolute atomic E-state index is 11.1. The second kappa shape index (κ2) is 5.97. The summed E-state index contributed by atoms with van der Waals surface area (Å²) in [6, 6.07) is 15.1. The molecule has 0 aromatic heterocycles. The average molecular weight is 272 g/mol. The van der Waals surface area contributed by atoms with Crippen molar-refractivity contribution < 1.29 is 14.6 Å². The lowest BCUT2D eigenvalue weighted by atomic mass is 9.83. The Labute approximate surface area is 119 Å². The fourth-order valence-electron chi connectivity index (χ4n) is 2.40. The Bertz CT molecular complexity index is 566. The molecule has 2 aromatic rings. The molecule has 2 rings (SSSR count). The van der Waals surface area contributed by atoms with Gasteiger partial charge in [-0.3, -0.25) is 0 Å². The van der Waals surface area contributed by atoms with Crippen LogP contribution >= 0.6 is 0 Å². The molecule has 1 unspecified atom stereocenters. The van der Waals surface area contributed by atoms with Gasteiger partial charge >= 0.3 is 0 Å². The van der Waals surface area contributed by atoms with Gasteiger partial charge in [0.1, 0.15) is 17.1 Å². The molecule has 0 heterocycles. The maximum atomic E-state index is 11.1. The molecule has 0 aliphatic carbocycles. The fraction of sp³-hybridized carbons (Fsp3) is 0.294. The Balaban J connectivity index is 2.57. The average Bonchev–Trinajstić information content (AvgIpc) is 2.54. The van der Waals surface area contributed by atoms with Crippen LogP contribution < -0.4 is 9.47 Å². The van der Waals surface area contributed by atoms with Crippen molar-refractivity contribution in [3.05, 3.63) is 59.7 Å². The summed E-state index contributed by atoms with van der Waals surface area (Å²) < 4.78 is 10.6. The predicted molar refractivity (Wildman–Crippen MR) is 79.3 cm³/mol. The van der Waals surface area contributed by atoms with Crippen LogP contribution in [0.15, 0.2) is 48.5 Å². The van der Waals surface area contributed by atoms with E-state index in [0.717, 1.165) is 11.1 Å². The van der Waals surface area contributed by atoms with Crippen molar-refractivity contribution >= 4 is 0 Å². The topological polar surface area (TPSA) is 38.7 Å². The smallest absolute Gasteiger partial charge is 0.128 e. The van der Waals surface area contributed by atoms with E-state index in [2.05, 4.69) is 0 Å². The minimum atomic E-state index is -1.07. The van der Waals surface area contributed by atoms with E-state index >= 15 is 0 Å². The molecule has 3 nitrogen and oxygen atoms in total. The number of hydrogen-bond acceptors (Lipinski definition) is 3. The third-order valence-electron chi connectivity index (χ3n) is 3.62. The summed E-state index contributed by atoms with van der Waals surface area (Å²) in [5, 5.41) is 11.1. The van der Waals surface area contributed by atoms with Gasteiger partial charge in [-0.1, -0.05) is 37.3 Å². The van der Waals surface area contributed by atoms with Crippen molar-refractivity contribution in [3.63, 3.8) is 0 Å². The van der Waals surface area contributed by atoms with Crippen LogP contribution in [0, 0.1) is 0 Å². The normalized spacial score (nSPS) is 13.6. The first kappa shape index (κ1) is 14.4. The molecule has 0 aliphatic heterocycles. The summed E-state index contributed by atoms with van der Waals surface area (Å²) in [6.45, 7) is 1.96. The lowest BCUT2D eigenvalue weighted by Gasteiger charge is -2.29. The van der Waals surface area contributed by atoms with Gasteiger partial charge in [0.15, 0.2) is 0 Å². The molecule has 0 bridgehead atoms. The van der Waals surface area contributed by atoms with Crippen LogP contribution in [0.3, 0.4) is 0 Å². The van der Waals surface area contributed by atoms with Gasteiger partial charge in [-0.25, -0.2) is 0 Å². The quantitative estimate of drug-likeness (QED) is 0.907. The van der Waals surface area contributed by atoms with Crippen LogP contribution in [0.2, 0.25) is 0 Å². The number of methoxy groups -OCH3 is 2. The van der Waals surface area contributed by atoms with E-state index in [-0.39, 0.29) is 0 Å². The second-order valence-corrected chi connectivity index (χ2v) is 4.65. The number of hydrogen-bond donors (Lipinski definition) is 1. The SMILES string of the molecule is CCC(O)(c1ccccc1)c1ccc(OC)cc1OC. The number of ether oxygens (including phenoxy) is 2. The molecule has 1 N–H and O–H groups in total. The van der Waals surface area contributed by atoms with Crippen molar-refractivity contribution in [2.75, 3.05) is 14.2 Å². The van der Waals surface area contributed by atoms with Gasteiger partial charge in [-0.2, -0.15) is 0 Å². The van der Waals surface area contributed by atoms with Crippen LogP contribution in [0.4, 0.5) is 0 Å². The lowest BCUT2D eigenvalue weighted by Crippen LogP contribution is -2.26. The zero-order valence-corrected chi connectivity index (χ0v) is 12.1. The molecule has 0 amide bonds. The molecule has 20 heavy (non-hydrogen) atoms. The molecule has 0 fully saturated rings. The van der Waals surface area contributed by atoms with Crippen molar-refractivity contribution in [2.45, 2.75) is 18.9 Å². The van der Waals surface area contributed by atoms with Crippen LogP contribution in [0.25, 0.3) is 0 Å². The maximum Gasteiger partial charge on any atom is 0.128 e. The first-order valence-electron chi connectivity index (χ1n) is 6.66. The molecule has 106 valence electrons. The van der Waals surface area contributed by atoms with Gasteiger partial charge in [-0.05, 0) is 24.1 Å². The predicted octanol–water partition coefficient (Wildman–Crippen LogP) is 3.35. The number of benzene rings is 2. The molecule has 1 atom stereocenters. The Morgan fingerprint density at radius 1 is 1.00 bits per heavy atom. The molecule has 0 saturated carbocycles. The van der Waals surface area contributed by atoms with Crippen LogP contribution in [-0.4, -0.2) is 19.3 Å². The summed E-state index contributed by atoms with van der Waals surface area (Å²) in [7, 11) is 3.21. The van der Waals surface area contributed by atoms with E-state index < -0.39 is 5.60 Å². The van der Waals surface area contributed by atoms with Gasteiger partial charge in [0, 0.05) is 11.6 Å². The molecule has 2 aromatic carbocycles. The number of aliphatic hydroxyl groups is 1. The van der Waals surface area contributed by atoms with E-state index in [1.807, 2.05) is 49.4 Å². The highest BCUT2D eigenvalue weighted by Crippen LogP contribution is 2.39. The van der Waals surface area contributed by atoms with Crippen molar-refractivity contribution in [2.24, 2.45) is 0 Å². The molecule has 0 aliphatic rings. The van der Waals surface area contributed by atoms with Crippen LogP contribution in [-0.2, 0) is 5.60 Å². The summed E-state index contributed by atoms with van der Waals surface area (Å²) >= 11 is 0. The van der Waals surface area contributed by atoms with E-state index in [1.165, 1.54) is 0 Å². The zero-order valence-electron chi connectivity index (χ0n) is 12.1. The summed E-state index contributed by atoms with van der Waals surface area (Å²) in [6.07, 6.45) is 0.555. The standard InChI is InChI=1S/C17H20O3/c1-4-17(18,13-8-6-5-7-9-13)15-11-10-14(19-2)12-16(15)20-3/h5-12,18H,4H2,1-3H3. The molecule has 0 radical (unpaired) electrons. The third-order valence-corrected chi connectivity index (χ3v) is 3.62. The molecular formula is C17H20O3. The Morgan fingerprint density at radius 2 is 1.70 bits per heavy atom. The molecule has 0 saturated heterocycles. The number of rotatable bonds is 5. The molecule has 3 heteroatoms. The third kappa shape index (κ3) is 2.49. The van der Waals surface area contributed by atoms with Crippen LogP contribution in [0.5, 0.6) is 11.5 Å². The highest BCUT2D eigenvalue weighted by Gasteiger charge is 2.32. The van der Waals surface area contributed by atoms with Gasteiger partial charge < -0.3 is 14.6 Å². The molecule has 0 spiro atoms. The first-order valence-corrected chi connectivity index (χ1v) is 6.66. The van der Waals surface area contributed by atoms with Gasteiger partial charge in [0.25, 0.3) is 0 Å². The van der Waals surface area contributed by atoms with Gasteiger partial charge in [0.05, 0.1) is 14.2 Å². The summed E-state index contributed by atoms with van der Waals surface area (Å²) in [4.78, 5) is 0. The Morgan fingerprint density at radius 3 is 2.25 bits per heavy atom. The summed E-state index contributed by atoms with van der Waals surface area (Å²) in [5.74, 6) is 1.33. The Hall–Kier alpha value is -2.00. The minimum Gasteiger partial charge on any atom is -0.497 e. The Kier molecular flexibility index (Phi) is 4.30. The first-order chi connectivity index (χ1) is 9.65. The highest BCUT2D eigenvalue weighted by atomic mass is 16.5. The van der Waals surface area contributed by atoms with Crippen molar-refractivity contribution in [1.82, 2.24) is 0 Å². The zero-order chi connectivity index (χ0) is 14.6. The van der Waals surface area contributed by atoms with E-state index in [4.69, 9.17) is 9.47 Å². The van der Waals surface area contributed by atoms with Gasteiger partial charge in [-0.15, -0.1) is 0 Å². The van der Waals surface area contributed by atoms with Gasteiger partial charge in [0.2, 0.25) is 0 Å². The van der Waals surface area contributed by atoms with Crippen LogP contribution in [0.1, 0.15) is 24.5 Å². The second-order valence-electron chi connectivity index (χ2n) is 4.65. The van der Waals surface area contributed by atoms with Crippen molar-refractivity contribution in [3.8, 4) is 11.5 Å². The fourth-order valence-corrected chi connectivity index (χ4v) is 2.40. The largest absolute Gasteiger partial charge is 0.497 e. The van der Waals surface area contributed by atoms with E-state index in [1.54, 1.807) is 20.3 Å². The van der Waals surface area contributed by atoms with Crippen molar-refractivity contribution in [1.29, 1.82) is 0 Å². The van der Waals surface area contributed by atoms with E-state index in [9.17, 15) is 5.11 Å². The summed E-state index contributed by atoms with van der Waals surface area (Å²) in [5.41, 5.74) is 0.527. The highest BCUT2D eigenvalue weighted by molar-refractivity contribution is 5.48.